The van der Waals surface area contributed by atoms with Gasteiger partial charge in [-0.25, -0.2) is 9.18 Å². The number of rotatable bonds is 7. The van der Waals surface area contributed by atoms with E-state index in [2.05, 4.69) is 20.9 Å². The van der Waals surface area contributed by atoms with E-state index < -0.39 is 11.7 Å². The van der Waals surface area contributed by atoms with Gasteiger partial charge in [-0.3, -0.25) is 4.99 Å². The van der Waals surface area contributed by atoms with E-state index in [0.29, 0.717) is 25.6 Å². The van der Waals surface area contributed by atoms with Crippen molar-refractivity contribution in [2.75, 3.05) is 40.8 Å². The number of hydrogen-bond acceptors (Lipinski definition) is 4. The van der Waals surface area contributed by atoms with Crippen LogP contribution in [0.15, 0.2) is 29.3 Å². The summed E-state index contributed by atoms with van der Waals surface area (Å²) in [5, 5.41) is 9.02. The molecule has 0 saturated carbocycles. The van der Waals surface area contributed by atoms with Gasteiger partial charge in [0.05, 0.1) is 6.04 Å². The maximum atomic E-state index is 13.5. The van der Waals surface area contributed by atoms with E-state index in [9.17, 15) is 9.18 Å². The van der Waals surface area contributed by atoms with Gasteiger partial charge in [0.2, 0.25) is 0 Å². The fourth-order valence-electron chi connectivity index (χ4n) is 2.39. The Morgan fingerprint density at radius 3 is 2.44 bits per heavy atom. The Morgan fingerprint density at radius 1 is 1.22 bits per heavy atom. The molecule has 1 aromatic carbocycles. The largest absolute Gasteiger partial charge is 0.444 e. The molecule has 0 heterocycles. The zero-order valence-corrected chi connectivity index (χ0v) is 17.1. The van der Waals surface area contributed by atoms with Crippen LogP contribution in [0.4, 0.5) is 9.18 Å². The topological polar surface area (TPSA) is 78.0 Å². The van der Waals surface area contributed by atoms with Crippen LogP contribution in [0.1, 0.15) is 32.4 Å². The van der Waals surface area contributed by atoms with Crippen LogP contribution >= 0.6 is 0 Å². The summed E-state index contributed by atoms with van der Waals surface area (Å²) in [6.07, 6.45) is -0.453. The van der Waals surface area contributed by atoms with Crippen molar-refractivity contribution in [2.24, 2.45) is 4.99 Å². The first kappa shape index (κ1) is 22.7. The summed E-state index contributed by atoms with van der Waals surface area (Å²) in [7, 11) is 5.56. The molecule has 0 bridgehead atoms. The average Bonchev–Trinajstić information content (AvgIpc) is 2.55. The van der Waals surface area contributed by atoms with Gasteiger partial charge in [-0.2, -0.15) is 0 Å². The number of benzene rings is 1. The number of carbonyl (C=O) groups excluding carboxylic acids is 1. The van der Waals surface area contributed by atoms with Crippen molar-refractivity contribution in [3.05, 3.63) is 35.6 Å². The molecule has 0 saturated heterocycles. The highest BCUT2D eigenvalue weighted by molar-refractivity contribution is 5.79. The maximum Gasteiger partial charge on any atom is 0.407 e. The van der Waals surface area contributed by atoms with Crippen LogP contribution in [0.25, 0.3) is 0 Å². The molecule has 0 spiro atoms. The number of likely N-dealkylation sites (N-methyl/N-ethyl adjacent to an activating group) is 1. The number of nitrogens with zero attached hydrogens (tertiary/aromatic N) is 2. The van der Waals surface area contributed by atoms with Crippen LogP contribution < -0.4 is 16.0 Å². The summed E-state index contributed by atoms with van der Waals surface area (Å²) in [4.78, 5) is 17.8. The number of carbonyl (C=O) groups is 1. The van der Waals surface area contributed by atoms with Gasteiger partial charge in [0.15, 0.2) is 5.96 Å². The van der Waals surface area contributed by atoms with Gasteiger partial charge < -0.3 is 25.6 Å². The van der Waals surface area contributed by atoms with Crippen LogP contribution in [0.2, 0.25) is 0 Å². The number of ether oxygens (including phenoxy) is 1. The summed E-state index contributed by atoms with van der Waals surface area (Å²) in [6, 6.07) is 6.56. The Labute approximate surface area is 161 Å². The molecule has 3 N–H and O–H groups in total. The van der Waals surface area contributed by atoms with Gasteiger partial charge in [-0.1, -0.05) is 12.1 Å². The molecule has 7 nitrogen and oxygen atoms in total. The highest BCUT2D eigenvalue weighted by Gasteiger charge is 2.16. The summed E-state index contributed by atoms with van der Waals surface area (Å²) < 4.78 is 18.7. The maximum absolute atomic E-state index is 13.5. The predicted octanol–water partition coefficient (Wildman–Crippen LogP) is 2.12. The SMILES string of the molecule is CN=C(NCCNC(=O)OC(C)(C)C)NCC(c1cccc(F)c1)N(C)C. The van der Waals surface area contributed by atoms with Gasteiger partial charge >= 0.3 is 6.09 Å². The van der Waals surface area contributed by atoms with E-state index in [4.69, 9.17) is 4.74 Å². The Hall–Kier alpha value is -2.35. The molecule has 0 aliphatic heterocycles. The second kappa shape index (κ2) is 10.7. The lowest BCUT2D eigenvalue weighted by Crippen LogP contribution is -2.44. The molecule has 0 aliphatic rings. The molecule has 27 heavy (non-hydrogen) atoms. The smallest absolute Gasteiger partial charge is 0.407 e. The predicted molar refractivity (Wildman–Crippen MR) is 106 cm³/mol. The second-order valence-corrected chi connectivity index (χ2v) is 7.34. The molecule has 1 unspecified atom stereocenters. The van der Waals surface area contributed by atoms with Gasteiger partial charge in [0, 0.05) is 26.7 Å². The normalized spacial score (nSPS) is 13.3. The lowest BCUT2D eigenvalue weighted by molar-refractivity contribution is 0.0529. The van der Waals surface area contributed by atoms with Crippen molar-refractivity contribution in [3.8, 4) is 0 Å². The second-order valence-electron chi connectivity index (χ2n) is 7.34. The highest BCUT2D eigenvalue weighted by Crippen LogP contribution is 2.18. The fraction of sp³-hybridized carbons (Fsp3) is 0.579. The minimum atomic E-state index is -0.521. The van der Waals surface area contributed by atoms with E-state index in [1.54, 1.807) is 13.1 Å². The van der Waals surface area contributed by atoms with Gasteiger partial charge in [-0.15, -0.1) is 0 Å². The van der Waals surface area contributed by atoms with Gasteiger partial charge in [0.1, 0.15) is 11.4 Å². The van der Waals surface area contributed by atoms with Crippen LogP contribution in [0.5, 0.6) is 0 Å². The quantitative estimate of drug-likeness (QED) is 0.383. The standard InChI is InChI=1S/C19H32FN5O2/c1-19(2,3)27-18(26)23-11-10-22-17(21-4)24-13-16(25(5)6)14-8-7-9-15(20)12-14/h7-9,12,16H,10-11,13H2,1-6H3,(H,23,26)(H2,21,22,24). The van der Waals surface area contributed by atoms with E-state index in [1.807, 2.05) is 45.8 Å². The van der Waals surface area contributed by atoms with Crippen molar-refractivity contribution in [1.29, 1.82) is 0 Å². The third-order valence-corrected chi connectivity index (χ3v) is 3.63. The zero-order chi connectivity index (χ0) is 20.4. The molecule has 0 radical (unpaired) electrons. The molecular formula is C19H32FN5O2. The lowest BCUT2D eigenvalue weighted by atomic mass is 10.1. The van der Waals surface area contributed by atoms with Crippen LogP contribution in [-0.2, 0) is 4.74 Å². The zero-order valence-electron chi connectivity index (χ0n) is 17.1. The Bertz CT molecular complexity index is 629. The van der Waals surface area contributed by atoms with Crippen molar-refractivity contribution in [3.63, 3.8) is 0 Å². The molecule has 152 valence electrons. The number of guanidine groups is 1. The first-order valence-corrected chi connectivity index (χ1v) is 8.95. The van der Waals surface area contributed by atoms with Crippen molar-refractivity contribution < 1.29 is 13.9 Å². The highest BCUT2D eigenvalue weighted by atomic mass is 19.1. The van der Waals surface area contributed by atoms with E-state index in [-0.39, 0.29) is 11.9 Å². The summed E-state index contributed by atoms with van der Waals surface area (Å²) >= 11 is 0. The summed E-state index contributed by atoms with van der Waals surface area (Å²) in [5.74, 6) is 0.347. The van der Waals surface area contributed by atoms with E-state index in [1.165, 1.54) is 12.1 Å². The molecule has 1 aromatic rings. The van der Waals surface area contributed by atoms with E-state index >= 15 is 0 Å². The molecule has 8 heteroatoms. The lowest BCUT2D eigenvalue weighted by Gasteiger charge is -2.26. The number of hydrogen-bond donors (Lipinski definition) is 3. The van der Waals surface area contributed by atoms with Gasteiger partial charge in [0.25, 0.3) is 0 Å². The fourth-order valence-corrected chi connectivity index (χ4v) is 2.39. The van der Waals surface area contributed by atoms with Crippen molar-refractivity contribution in [1.82, 2.24) is 20.9 Å². The van der Waals surface area contributed by atoms with Crippen LogP contribution in [0, 0.1) is 5.82 Å². The molecule has 0 aliphatic carbocycles. The van der Waals surface area contributed by atoms with Crippen LogP contribution in [-0.4, -0.2) is 63.3 Å². The Morgan fingerprint density at radius 2 is 1.89 bits per heavy atom. The minimum absolute atomic E-state index is 0.0147. The first-order chi connectivity index (χ1) is 12.6. The van der Waals surface area contributed by atoms with Gasteiger partial charge in [-0.05, 0) is 52.6 Å². The molecule has 1 rings (SSSR count). The Balaban J connectivity index is 2.45. The molecule has 1 amide bonds. The number of nitrogens with one attached hydrogen (secondary N) is 3. The monoisotopic (exact) mass is 381 g/mol. The van der Waals surface area contributed by atoms with Crippen LogP contribution in [0.3, 0.4) is 0 Å². The van der Waals surface area contributed by atoms with Crippen molar-refractivity contribution >= 4 is 12.1 Å². The molecule has 1 atom stereocenters. The third-order valence-electron chi connectivity index (χ3n) is 3.63. The first-order valence-electron chi connectivity index (χ1n) is 8.95. The minimum Gasteiger partial charge on any atom is -0.444 e. The summed E-state index contributed by atoms with van der Waals surface area (Å²) in [6.45, 7) is 6.89. The number of amides is 1. The number of aliphatic imine (C=N–C) groups is 1. The average molecular weight is 381 g/mol. The summed E-state index contributed by atoms with van der Waals surface area (Å²) in [5.41, 5.74) is 0.363. The number of alkyl carbamates (subject to hydrolysis) is 1. The molecule has 0 aromatic heterocycles. The Kier molecular flexibility index (Phi) is 9.00. The molecule has 0 fully saturated rings. The van der Waals surface area contributed by atoms with E-state index in [0.717, 1.165) is 5.56 Å². The van der Waals surface area contributed by atoms with Crippen molar-refractivity contribution in [2.45, 2.75) is 32.4 Å². The number of halogens is 1. The third kappa shape index (κ3) is 9.23. The molecular weight excluding hydrogens is 349 g/mol.